The molecule has 0 saturated carbocycles. The summed E-state index contributed by atoms with van der Waals surface area (Å²) in [7, 11) is 0. The Kier molecular flexibility index (Phi) is 2.88. The number of thiol groups is 1. The van der Waals surface area contributed by atoms with Gasteiger partial charge in [-0.25, -0.2) is 0 Å². The monoisotopic (exact) mass is 675 g/mol. The van der Waals surface area contributed by atoms with E-state index in [1.807, 2.05) is 0 Å². The minimum absolute atomic E-state index is 0.475. The number of rotatable bonds is 6. The minimum atomic E-state index is -1.26. The van der Waals surface area contributed by atoms with Gasteiger partial charge >= 0.3 is 0 Å². The van der Waals surface area contributed by atoms with Crippen molar-refractivity contribution in [3.05, 3.63) is 181 Å². The van der Waals surface area contributed by atoms with Crippen molar-refractivity contribution in [1.29, 1.82) is 0 Å². The molecule has 9 rings (SSSR count). The predicted octanol–water partition coefficient (Wildman–Crippen LogP) is 13.5. The Bertz CT molecular complexity index is 4230. The molecule has 0 atom stereocenters. The Balaban J connectivity index is 1.61. The van der Waals surface area contributed by atoms with Gasteiger partial charge in [-0.05, 0) is 69.5 Å². The minimum Gasteiger partial charge on any atom is -0.453 e. The lowest BCUT2D eigenvalue weighted by atomic mass is 9.95. The molecule has 1 heterocycles. The molecule has 0 aliphatic rings. The van der Waals surface area contributed by atoms with Crippen LogP contribution in [0.25, 0.3) is 66.1 Å². The van der Waals surface area contributed by atoms with Crippen LogP contribution in [0, 0.1) is 0 Å². The van der Waals surface area contributed by atoms with E-state index in [-0.39, 0.29) is 0 Å². The van der Waals surface area contributed by atoms with Crippen LogP contribution in [0.2, 0.25) is 0 Å². The largest absolute Gasteiger partial charge is 0.453 e. The summed E-state index contributed by atoms with van der Waals surface area (Å²) in [5.41, 5.74) is -9.92. The molecule has 232 valence electrons. The van der Waals surface area contributed by atoms with Gasteiger partial charge in [0.2, 0.25) is 0 Å². The van der Waals surface area contributed by atoms with E-state index in [0.29, 0.717) is 4.90 Å². The van der Waals surface area contributed by atoms with Crippen LogP contribution in [0.5, 0.6) is 0 Å². The first-order valence-electron chi connectivity index (χ1n) is 29.1. The van der Waals surface area contributed by atoms with Gasteiger partial charge in [-0.3, -0.25) is 0 Å². The highest BCUT2D eigenvalue weighted by Crippen LogP contribution is 2.49. The number of para-hydroxylation sites is 1. The molecule has 0 bridgehead atoms. The first-order chi connectivity index (χ1) is 36.7. The molecule has 0 unspecified atom stereocenters. The van der Waals surface area contributed by atoms with Crippen LogP contribution >= 0.6 is 12.6 Å². The van der Waals surface area contributed by atoms with Crippen molar-refractivity contribution in [3.63, 3.8) is 0 Å². The van der Waals surface area contributed by atoms with Crippen molar-refractivity contribution in [2.45, 2.75) is 4.90 Å². The Morgan fingerprint density at radius 2 is 0.959 bits per heavy atom. The van der Waals surface area contributed by atoms with E-state index in [2.05, 4.69) is 12.6 Å². The average molecular weight is 676 g/mol. The number of hydrogen-bond acceptors (Lipinski definition) is 3. The van der Waals surface area contributed by atoms with Crippen molar-refractivity contribution >= 4 is 62.4 Å². The van der Waals surface area contributed by atoms with Crippen LogP contribution in [-0.2, 0) is 0 Å². The second-order valence-corrected chi connectivity index (χ2v) is 10.4. The van der Waals surface area contributed by atoms with E-state index in [9.17, 15) is 13.7 Å². The van der Waals surface area contributed by atoms with Crippen molar-refractivity contribution < 1.29 is 45.5 Å². The Morgan fingerprint density at radius 3 is 1.65 bits per heavy atom. The number of nitrogens with zero attached hydrogens (tertiary/aromatic N) is 1. The van der Waals surface area contributed by atoms with Crippen molar-refractivity contribution in [1.82, 2.24) is 0 Å². The van der Waals surface area contributed by atoms with Crippen LogP contribution in [0.3, 0.4) is 0 Å². The zero-order chi connectivity index (χ0) is 58.8. The molecule has 0 aliphatic heterocycles. The normalized spacial score (nSPS) is 19.9. The van der Waals surface area contributed by atoms with E-state index >= 15 is 0 Å². The molecule has 0 saturated heterocycles. The van der Waals surface area contributed by atoms with Crippen LogP contribution < -0.4 is 4.90 Å². The van der Waals surface area contributed by atoms with E-state index in [4.69, 9.17) is 31.8 Å². The van der Waals surface area contributed by atoms with E-state index in [1.165, 1.54) is 0 Å². The van der Waals surface area contributed by atoms with E-state index in [1.54, 1.807) is 0 Å². The number of hydrogen-bond donors (Lipinski definition) is 1. The van der Waals surface area contributed by atoms with E-state index < -0.39 is 269 Å². The predicted molar refractivity (Wildman–Crippen MR) is 209 cm³/mol. The summed E-state index contributed by atoms with van der Waals surface area (Å²) >= 11 is 4.59. The molecular formula is C46H31NOS. The van der Waals surface area contributed by atoms with Gasteiger partial charge in [0.15, 0.2) is 5.58 Å². The second kappa shape index (κ2) is 12.2. The van der Waals surface area contributed by atoms with Crippen LogP contribution in [-0.4, -0.2) is 0 Å². The Labute approximate surface area is 333 Å². The molecule has 0 spiro atoms. The summed E-state index contributed by atoms with van der Waals surface area (Å²) in [6.07, 6.45) is 0. The molecule has 2 nitrogen and oxygen atoms in total. The maximum atomic E-state index is 9.84. The second-order valence-electron chi connectivity index (χ2n) is 9.99. The van der Waals surface area contributed by atoms with Gasteiger partial charge in [0.25, 0.3) is 0 Å². The Hall–Kier alpha value is -6.03. The maximum Gasteiger partial charge on any atom is 0.160 e. The summed E-state index contributed by atoms with van der Waals surface area (Å²) < 4.78 is 275. The van der Waals surface area contributed by atoms with Crippen molar-refractivity contribution in [2.24, 2.45) is 0 Å². The molecule has 0 N–H and O–H groups in total. The lowest BCUT2D eigenvalue weighted by Gasteiger charge is -2.29. The number of furan rings is 1. The third-order valence-corrected chi connectivity index (χ3v) is 7.59. The van der Waals surface area contributed by atoms with E-state index in [0.717, 1.165) is 0 Å². The highest BCUT2D eigenvalue weighted by atomic mass is 32.1. The lowest BCUT2D eigenvalue weighted by molar-refractivity contribution is 0.671. The van der Waals surface area contributed by atoms with Gasteiger partial charge < -0.3 is 9.32 Å². The number of fused-ring (bicyclic) bond motifs is 5. The zero-order valence-corrected chi connectivity index (χ0v) is 25.2. The lowest BCUT2D eigenvalue weighted by Crippen LogP contribution is -2.12. The smallest absolute Gasteiger partial charge is 0.160 e. The molecule has 8 aromatic carbocycles. The first kappa shape index (κ1) is 11.5. The van der Waals surface area contributed by atoms with Crippen LogP contribution in [0.15, 0.2) is 191 Å². The fourth-order valence-corrected chi connectivity index (χ4v) is 5.47. The van der Waals surface area contributed by atoms with Crippen LogP contribution in [0.4, 0.5) is 17.1 Å². The summed E-state index contributed by atoms with van der Waals surface area (Å²) in [5.74, 6) is 0. The highest BCUT2D eigenvalue weighted by Gasteiger charge is 2.25. The molecule has 0 fully saturated rings. The molecule has 49 heavy (non-hydrogen) atoms. The molecule has 1 aromatic heterocycles. The summed E-state index contributed by atoms with van der Waals surface area (Å²) in [6, 6.07) is -30.8. The summed E-state index contributed by atoms with van der Waals surface area (Å²) in [5, 5.41) is -2.71. The molecule has 3 heteroatoms. The fourth-order valence-electron chi connectivity index (χ4n) is 5.21. The van der Waals surface area contributed by atoms with Crippen molar-refractivity contribution in [3.8, 4) is 33.4 Å². The quantitative estimate of drug-likeness (QED) is 0.177. The van der Waals surface area contributed by atoms with Crippen LogP contribution in [0.1, 0.15) is 41.1 Å². The summed E-state index contributed by atoms with van der Waals surface area (Å²) in [6.45, 7) is 0. The topological polar surface area (TPSA) is 16.4 Å². The molecule has 0 amide bonds. The average Bonchev–Trinajstić information content (AvgIpc) is 3.42. The molecule has 9 aromatic rings. The third-order valence-electron chi connectivity index (χ3n) is 7.27. The number of anilines is 3. The third kappa shape index (κ3) is 5.07. The van der Waals surface area contributed by atoms with Gasteiger partial charge in [-0.2, -0.15) is 0 Å². The fraction of sp³-hybridized carbons (Fsp3) is 0. The molecule has 0 aliphatic carbocycles. The van der Waals surface area contributed by atoms with Gasteiger partial charge in [0, 0.05) is 32.3 Å². The molecule has 0 radical (unpaired) electrons. The van der Waals surface area contributed by atoms with Gasteiger partial charge in [-0.15, -0.1) is 12.6 Å². The zero-order valence-electron chi connectivity index (χ0n) is 54.3. The Morgan fingerprint density at radius 1 is 0.429 bits per heavy atom. The SMILES string of the molecule is [2H]c1c([2H])c([2H])c(-c2c([2H])c([2H])c(N(c3c([2H])c([2H])c([2H])c([2H])c3-c3c([2H])c([2H])c([2H])c([2H])c3[2H])c3c(S)c([2H])c([2H])c4c3oc3c5c([2H])c([2H])c([2H])c([2H])c5c(-c5c([2H])c([2H])c([2H])c([2H])c5[2H])c([2H])c34)c([2H])c2[2H])c([2H])c1[2H]. The van der Waals surface area contributed by atoms with Gasteiger partial charge in [-0.1, -0.05) is 145 Å². The van der Waals surface area contributed by atoms with Gasteiger partial charge in [0.05, 0.1) is 46.8 Å². The highest BCUT2D eigenvalue weighted by molar-refractivity contribution is 7.80. The summed E-state index contributed by atoms with van der Waals surface area (Å²) in [4.78, 5) is -0.325. The van der Waals surface area contributed by atoms with Gasteiger partial charge in [0.1, 0.15) is 11.3 Å². The first-order valence-corrected chi connectivity index (χ1v) is 14.5. The molecular weight excluding hydrogens is 615 g/mol. The standard InChI is InChI=1S/C46H31NOS/c49-43-29-28-39-41-30-40(34-18-8-3-9-19-34)37-21-10-11-22-38(37)45(41)48-46(39)44(43)47(35-26-24-32(25-27-35)31-14-4-1-5-15-31)42-23-13-12-20-36(42)33-16-6-2-7-17-33/h1-30,49H/i1D,2D,3D,4D,5D,6D,7D,8D,9D,10D,11D,12D,13D,14D,15D,16D,17D,18D,19D,20D,21D,22D,23D,24D,25D,26D,27D,28D,29D,30D. The van der Waals surface area contributed by atoms with Crippen molar-refractivity contribution in [2.75, 3.05) is 4.90 Å². The maximum absolute atomic E-state index is 9.84. The number of benzene rings is 8.